The summed E-state index contributed by atoms with van der Waals surface area (Å²) in [4.78, 5) is 22.4. The zero-order valence-corrected chi connectivity index (χ0v) is 12.4. The van der Waals surface area contributed by atoms with Crippen LogP contribution in [0.3, 0.4) is 0 Å². The summed E-state index contributed by atoms with van der Waals surface area (Å²) in [6.45, 7) is 5.70. The van der Waals surface area contributed by atoms with Crippen molar-refractivity contribution in [2.24, 2.45) is 0 Å². The number of hydrogen-bond donors (Lipinski definition) is 0. The molecule has 0 N–H and O–H groups in total. The molecule has 110 valence electrons. The molecule has 1 rings (SSSR count). The van der Waals surface area contributed by atoms with Gasteiger partial charge in [-0.2, -0.15) is 0 Å². The highest BCUT2D eigenvalue weighted by Crippen LogP contribution is 2.37. The first-order valence-electron chi connectivity index (χ1n) is 6.28. The molecule has 0 radical (unpaired) electrons. The fourth-order valence-electron chi connectivity index (χ4n) is 1.52. The van der Waals surface area contributed by atoms with Gasteiger partial charge in [-0.1, -0.05) is 11.6 Å². The van der Waals surface area contributed by atoms with Crippen LogP contribution in [0.4, 0.5) is 0 Å². The second-order valence-corrected chi connectivity index (χ2v) is 4.30. The van der Waals surface area contributed by atoms with Crippen LogP contribution in [0.15, 0.2) is 12.1 Å². The molecule has 0 fully saturated rings. The van der Waals surface area contributed by atoms with Crippen LogP contribution < -0.4 is 9.47 Å². The first-order chi connectivity index (χ1) is 9.53. The Morgan fingerprint density at radius 1 is 1.35 bits per heavy atom. The van der Waals surface area contributed by atoms with Crippen molar-refractivity contribution in [1.82, 2.24) is 0 Å². The number of ether oxygens (including phenoxy) is 3. The average Bonchev–Trinajstić information content (AvgIpc) is 2.42. The van der Waals surface area contributed by atoms with Crippen molar-refractivity contribution < 1.29 is 23.8 Å². The smallest absolute Gasteiger partial charge is 0.347 e. The summed E-state index contributed by atoms with van der Waals surface area (Å²) in [6.07, 6.45) is -0.166. The largest absolute Gasteiger partial charge is 0.490 e. The van der Waals surface area contributed by atoms with Crippen LogP contribution in [0.5, 0.6) is 11.5 Å². The zero-order valence-electron chi connectivity index (χ0n) is 11.6. The van der Waals surface area contributed by atoms with Crippen LogP contribution in [0, 0.1) is 0 Å². The van der Waals surface area contributed by atoms with E-state index in [2.05, 4.69) is 0 Å². The molecule has 0 aromatic heterocycles. The van der Waals surface area contributed by atoms with Gasteiger partial charge in [0.2, 0.25) is 0 Å². The van der Waals surface area contributed by atoms with E-state index in [-0.39, 0.29) is 17.4 Å². The van der Waals surface area contributed by atoms with E-state index >= 15 is 0 Å². The highest BCUT2D eigenvalue weighted by atomic mass is 35.5. The van der Waals surface area contributed by atoms with E-state index in [0.29, 0.717) is 24.2 Å². The lowest BCUT2D eigenvalue weighted by atomic mass is 10.2. The molecule has 0 heterocycles. The lowest BCUT2D eigenvalue weighted by Crippen LogP contribution is -2.26. The van der Waals surface area contributed by atoms with Gasteiger partial charge in [0, 0.05) is 5.56 Å². The van der Waals surface area contributed by atoms with Gasteiger partial charge in [-0.05, 0) is 32.9 Å². The Hall–Kier alpha value is -1.75. The van der Waals surface area contributed by atoms with E-state index in [1.54, 1.807) is 20.8 Å². The van der Waals surface area contributed by atoms with E-state index in [1.165, 1.54) is 12.1 Å². The molecule has 0 bridgehead atoms. The van der Waals surface area contributed by atoms with Gasteiger partial charge in [-0.3, -0.25) is 4.79 Å². The predicted octanol–water partition coefficient (Wildman–Crippen LogP) is 2.88. The SMILES string of the molecule is CCOC(=O)C(C)Oc1c(Cl)cc(C=O)cc1OCC. The normalized spacial score (nSPS) is 11.6. The Balaban J connectivity index is 3.03. The van der Waals surface area contributed by atoms with E-state index in [1.807, 2.05) is 0 Å². The minimum absolute atomic E-state index is 0.203. The van der Waals surface area contributed by atoms with E-state index in [0.717, 1.165) is 0 Å². The van der Waals surface area contributed by atoms with Crippen LogP contribution in [0.1, 0.15) is 31.1 Å². The predicted molar refractivity (Wildman–Crippen MR) is 74.7 cm³/mol. The molecule has 1 atom stereocenters. The Morgan fingerprint density at radius 3 is 2.60 bits per heavy atom. The number of aldehydes is 1. The third-order valence-electron chi connectivity index (χ3n) is 2.38. The molecule has 0 saturated heterocycles. The zero-order chi connectivity index (χ0) is 15.1. The van der Waals surface area contributed by atoms with E-state index in [9.17, 15) is 9.59 Å². The average molecular weight is 301 g/mol. The highest BCUT2D eigenvalue weighted by molar-refractivity contribution is 6.32. The molecule has 1 aromatic rings. The van der Waals surface area contributed by atoms with Crippen LogP contribution in [-0.4, -0.2) is 31.6 Å². The summed E-state index contributed by atoms with van der Waals surface area (Å²) >= 11 is 6.06. The summed E-state index contributed by atoms with van der Waals surface area (Å²) in [6, 6.07) is 2.96. The number of halogens is 1. The minimum atomic E-state index is -0.825. The third-order valence-corrected chi connectivity index (χ3v) is 2.66. The fraction of sp³-hybridized carbons (Fsp3) is 0.429. The molecule has 6 heteroatoms. The van der Waals surface area contributed by atoms with Crippen molar-refractivity contribution in [1.29, 1.82) is 0 Å². The van der Waals surface area contributed by atoms with Crippen LogP contribution in [0.2, 0.25) is 5.02 Å². The van der Waals surface area contributed by atoms with Crippen molar-refractivity contribution in [2.75, 3.05) is 13.2 Å². The summed E-state index contributed by atoms with van der Waals surface area (Å²) < 4.78 is 15.7. The molecule has 0 aliphatic rings. The molecule has 20 heavy (non-hydrogen) atoms. The highest BCUT2D eigenvalue weighted by Gasteiger charge is 2.20. The van der Waals surface area contributed by atoms with Crippen molar-refractivity contribution in [2.45, 2.75) is 26.9 Å². The van der Waals surface area contributed by atoms with Crippen molar-refractivity contribution >= 4 is 23.9 Å². The standard InChI is InChI=1S/C14H17ClO5/c1-4-18-12-7-10(8-16)6-11(15)13(12)20-9(3)14(17)19-5-2/h6-9H,4-5H2,1-3H3. The van der Waals surface area contributed by atoms with Crippen molar-refractivity contribution in [3.05, 3.63) is 22.7 Å². The van der Waals surface area contributed by atoms with E-state index in [4.69, 9.17) is 25.8 Å². The second kappa shape index (κ2) is 7.75. The van der Waals surface area contributed by atoms with Crippen molar-refractivity contribution in [3.63, 3.8) is 0 Å². The van der Waals surface area contributed by atoms with Gasteiger partial charge in [-0.15, -0.1) is 0 Å². The lowest BCUT2D eigenvalue weighted by Gasteiger charge is -2.17. The van der Waals surface area contributed by atoms with Gasteiger partial charge in [0.1, 0.15) is 6.29 Å². The molecular formula is C14H17ClO5. The quantitative estimate of drug-likeness (QED) is 0.572. The summed E-state index contributed by atoms with van der Waals surface area (Å²) in [7, 11) is 0. The van der Waals surface area contributed by atoms with Gasteiger partial charge < -0.3 is 14.2 Å². The number of esters is 1. The Kier molecular flexibility index (Phi) is 6.31. The third kappa shape index (κ3) is 4.13. The molecular weight excluding hydrogens is 284 g/mol. The molecule has 1 unspecified atom stereocenters. The Morgan fingerprint density at radius 2 is 2.05 bits per heavy atom. The van der Waals surface area contributed by atoms with E-state index < -0.39 is 12.1 Å². The first kappa shape index (κ1) is 16.3. The van der Waals surface area contributed by atoms with Gasteiger partial charge in [-0.25, -0.2) is 4.79 Å². The number of carbonyl (C=O) groups excluding carboxylic acids is 2. The van der Waals surface area contributed by atoms with Gasteiger partial charge in [0.05, 0.1) is 18.2 Å². The topological polar surface area (TPSA) is 61.8 Å². The minimum Gasteiger partial charge on any atom is -0.490 e. The molecule has 0 spiro atoms. The lowest BCUT2D eigenvalue weighted by molar-refractivity contribution is -0.150. The Labute approximate surface area is 122 Å². The Bertz CT molecular complexity index is 487. The number of rotatable bonds is 7. The maximum absolute atomic E-state index is 11.6. The molecule has 0 saturated carbocycles. The van der Waals surface area contributed by atoms with Crippen molar-refractivity contribution in [3.8, 4) is 11.5 Å². The molecule has 0 aliphatic heterocycles. The number of benzene rings is 1. The van der Waals surface area contributed by atoms with Gasteiger partial charge in [0.15, 0.2) is 17.6 Å². The van der Waals surface area contributed by atoms with Gasteiger partial charge in [0.25, 0.3) is 0 Å². The summed E-state index contributed by atoms with van der Waals surface area (Å²) in [5.74, 6) is 0.0448. The molecule has 0 amide bonds. The van der Waals surface area contributed by atoms with Crippen LogP contribution in [-0.2, 0) is 9.53 Å². The van der Waals surface area contributed by atoms with Gasteiger partial charge >= 0.3 is 5.97 Å². The first-order valence-corrected chi connectivity index (χ1v) is 6.66. The maximum Gasteiger partial charge on any atom is 0.347 e. The second-order valence-electron chi connectivity index (χ2n) is 3.89. The monoisotopic (exact) mass is 300 g/mol. The van der Waals surface area contributed by atoms with Crippen LogP contribution in [0.25, 0.3) is 0 Å². The molecule has 1 aromatic carbocycles. The summed E-state index contributed by atoms with van der Waals surface area (Å²) in [5.41, 5.74) is 0.370. The molecule has 0 aliphatic carbocycles. The molecule has 5 nitrogen and oxygen atoms in total. The fourth-order valence-corrected chi connectivity index (χ4v) is 1.78. The summed E-state index contributed by atoms with van der Waals surface area (Å²) in [5, 5.41) is 0.203. The maximum atomic E-state index is 11.6. The number of carbonyl (C=O) groups is 2. The number of hydrogen-bond acceptors (Lipinski definition) is 5. The van der Waals surface area contributed by atoms with Crippen LogP contribution >= 0.6 is 11.6 Å².